The first-order chi connectivity index (χ1) is 11.9. The summed E-state index contributed by atoms with van der Waals surface area (Å²) < 4.78 is 0. The molecule has 0 spiro atoms. The van der Waals surface area contributed by atoms with Gasteiger partial charge in [-0.3, -0.25) is 4.98 Å². The maximum atomic E-state index is 4.50. The second kappa shape index (κ2) is 6.76. The van der Waals surface area contributed by atoms with Crippen LogP contribution >= 0.6 is 0 Å². The Morgan fingerprint density at radius 3 is 2.71 bits per heavy atom. The molecule has 2 N–H and O–H groups in total. The summed E-state index contributed by atoms with van der Waals surface area (Å²) in [6.07, 6.45) is 13.7. The zero-order valence-electron chi connectivity index (χ0n) is 13.5. The van der Waals surface area contributed by atoms with E-state index in [1.165, 1.54) is 32.1 Å². The third kappa shape index (κ3) is 3.11. The minimum Gasteiger partial charge on any atom is -0.381 e. The van der Waals surface area contributed by atoms with Crippen molar-refractivity contribution in [3.63, 3.8) is 0 Å². The van der Waals surface area contributed by atoms with E-state index in [0.29, 0.717) is 6.04 Å². The first-order valence-corrected chi connectivity index (χ1v) is 8.55. The summed E-state index contributed by atoms with van der Waals surface area (Å²) in [5, 5.41) is 4.85. The predicted octanol–water partition coefficient (Wildman–Crippen LogP) is 4.10. The summed E-state index contributed by atoms with van der Waals surface area (Å²) in [6.45, 7) is 0. The minimum atomic E-state index is 0.528. The third-order valence-corrected chi connectivity index (χ3v) is 4.56. The molecule has 0 aliphatic heterocycles. The van der Waals surface area contributed by atoms with Crippen molar-refractivity contribution in [3.05, 3.63) is 54.1 Å². The highest BCUT2D eigenvalue weighted by atomic mass is 14.9. The fourth-order valence-corrected chi connectivity index (χ4v) is 3.28. The Hall–Kier alpha value is -2.80. The Kier molecular flexibility index (Phi) is 4.16. The second-order valence-corrected chi connectivity index (χ2v) is 6.25. The molecule has 0 bridgehead atoms. The fraction of sp³-hybridized carbons (Fsp3) is 0.300. The average molecular weight is 316 g/mol. The number of H-pyrrole nitrogens is 1. The summed E-state index contributed by atoms with van der Waals surface area (Å²) in [7, 11) is 0. The molecule has 0 radical (unpaired) electrons. The van der Waals surface area contributed by atoms with Crippen molar-refractivity contribution in [2.24, 2.45) is 0 Å². The van der Waals surface area contributed by atoms with Crippen LogP contribution in [0.5, 0.6) is 0 Å². The van der Waals surface area contributed by atoms with Crippen LogP contribution in [0.25, 0.3) is 11.0 Å². The van der Waals surface area contributed by atoms with Gasteiger partial charge < -0.3 is 10.3 Å². The van der Waals surface area contributed by atoms with Gasteiger partial charge in [0.15, 0.2) is 0 Å². The van der Waals surface area contributed by atoms with Crippen LogP contribution in [0.2, 0.25) is 0 Å². The van der Waals surface area contributed by atoms with Crippen molar-refractivity contribution in [1.82, 2.24) is 15.0 Å². The molecular weight excluding hydrogens is 296 g/mol. The monoisotopic (exact) mass is 316 g/mol. The van der Waals surface area contributed by atoms with Gasteiger partial charge in [-0.1, -0.05) is 31.1 Å². The van der Waals surface area contributed by atoms with Crippen molar-refractivity contribution in [3.8, 4) is 11.8 Å². The lowest BCUT2D eigenvalue weighted by atomic mass is 9.95. The van der Waals surface area contributed by atoms with Crippen LogP contribution in [-0.2, 0) is 0 Å². The van der Waals surface area contributed by atoms with E-state index in [1.807, 2.05) is 24.5 Å². The van der Waals surface area contributed by atoms with Gasteiger partial charge in [-0.25, -0.2) is 4.98 Å². The standard InChI is InChI=1S/C20H20N4/c1-2-4-17(5-3-1)24-19-16(7-6-15-8-11-21-12-9-15)14-23-20-18(19)10-13-22-20/h8-14,17H,1-5H2,(H2,22,23,24). The molecule has 1 saturated carbocycles. The van der Waals surface area contributed by atoms with Crippen molar-refractivity contribution >= 4 is 16.7 Å². The lowest BCUT2D eigenvalue weighted by Crippen LogP contribution is -2.22. The normalized spacial score (nSPS) is 15.0. The first-order valence-electron chi connectivity index (χ1n) is 8.55. The summed E-state index contributed by atoms with van der Waals surface area (Å²) >= 11 is 0. The van der Waals surface area contributed by atoms with E-state index in [0.717, 1.165) is 27.8 Å². The number of rotatable bonds is 2. The van der Waals surface area contributed by atoms with Gasteiger partial charge in [-0.2, -0.15) is 0 Å². The van der Waals surface area contributed by atoms with Crippen LogP contribution in [0.4, 0.5) is 5.69 Å². The molecule has 120 valence electrons. The fourth-order valence-electron chi connectivity index (χ4n) is 3.28. The lowest BCUT2D eigenvalue weighted by Gasteiger charge is -2.24. The number of hydrogen-bond acceptors (Lipinski definition) is 3. The molecule has 0 saturated heterocycles. The van der Waals surface area contributed by atoms with Gasteiger partial charge in [0.25, 0.3) is 0 Å². The van der Waals surface area contributed by atoms with Gasteiger partial charge in [0, 0.05) is 41.8 Å². The maximum Gasteiger partial charge on any atom is 0.139 e. The second-order valence-electron chi connectivity index (χ2n) is 6.25. The molecule has 1 aliphatic carbocycles. The van der Waals surface area contributed by atoms with E-state index in [-0.39, 0.29) is 0 Å². The predicted molar refractivity (Wildman–Crippen MR) is 96.8 cm³/mol. The summed E-state index contributed by atoms with van der Waals surface area (Å²) in [6, 6.07) is 6.44. The number of aromatic nitrogens is 3. The summed E-state index contributed by atoms with van der Waals surface area (Å²) in [5.41, 5.74) is 3.92. The molecule has 4 heteroatoms. The SMILES string of the molecule is C(#Cc1cnc2[nH]ccc2c1NC1CCCCC1)c1ccncc1. The highest BCUT2D eigenvalue weighted by Crippen LogP contribution is 2.29. The topological polar surface area (TPSA) is 53.6 Å². The molecule has 3 heterocycles. The Bertz CT molecular complexity index is 880. The van der Waals surface area contributed by atoms with E-state index in [9.17, 15) is 0 Å². The zero-order chi connectivity index (χ0) is 16.2. The van der Waals surface area contributed by atoms with Crippen LogP contribution in [0, 0.1) is 11.8 Å². The Balaban J connectivity index is 1.71. The molecule has 1 aliphatic rings. The van der Waals surface area contributed by atoms with Gasteiger partial charge in [0.05, 0.1) is 11.3 Å². The highest BCUT2D eigenvalue weighted by Gasteiger charge is 2.16. The molecule has 4 nitrogen and oxygen atoms in total. The number of aromatic amines is 1. The number of anilines is 1. The van der Waals surface area contributed by atoms with Crippen molar-refractivity contribution < 1.29 is 0 Å². The molecule has 0 atom stereocenters. The number of nitrogens with one attached hydrogen (secondary N) is 2. The number of nitrogens with zero attached hydrogens (tertiary/aromatic N) is 2. The van der Waals surface area contributed by atoms with Crippen molar-refractivity contribution in [1.29, 1.82) is 0 Å². The van der Waals surface area contributed by atoms with E-state index in [4.69, 9.17) is 0 Å². The van der Waals surface area contributed by atoms with Gasteiger partial charge in [-0.15, -0.1) is 0 Å². The van der Waals surface area contributed by atoms with E-state index in [2.05, 4.69) is 38.2 Å². The smallest absolute Gasteiger partial charge is 0.139 e. The molecular formula is C20H20N4. The molecule has 0 unspecified atom stereocenters. The third-order valence-electron chi connectivity index (χ3n) is 4.56. The number of pyridine rings is 2. The van der Waals surface area contributed by atoms with Gasteiger partial charge in [-0.05, 0) is 31.0 Å². The van der Waals surface area contributed by atoms with E-state index >= 15 is 0 Å². The Labute approximate surface area is 141 Å². The van der Waals surface area contributed by atoms with Crippen LogP contribution in [-0.4, -0.2) is 21.0 Å². The van der Waals surface area contributed by atoms with Gasteiger partial charge >= 0.3 is 0 Å². The number of hydrogen-bond donors (Lipinski definition) is 2. The van der Waals surface area contributed by atoms with Crippen molar-refractivity contribution in [2.45, 2.75) is 38.1 Å². The van der Waals surface area contributed by atoms with Crippen LogP contribution in [0.3, 0.4) is 0 Å². The molecule has 4 rings (SSSR count). The molecule has 24 heavy (non-hydrogen) atoms. The van der Waals surface area contributed by atoms with Gasteiger partial charge in [0.1, 0.15) is 5.65 Å². The summed E-state index contributed by atoms with van der Waals surface area (Å²) in [5.74, 6) is 6.50. The van der Waals surface area contributed by atoms with E-state index in [1.54, 1.807) is 12.4 Å². The van der Waals surface area contributed by atoms with Crippen molar-refractivity contribution in [2.75, 3.05) is 5.32 Å². The maximum absolute atomic E-state index is 4.50. The quantitative estimate of drug-likeness (QED) is 0.700. The lowest BCUT2D eigenvalue weighted by molar-refractivity contribution is 0.463. The molecule has 3 aromatic heterocycles. The van der Waals surface area contributed by atoms with Gasteiger partial charge in [0.2, 0.25) is 0 Å². The highest BCUT2D eigenvalue weighted by molar-refractivity contribution is 5.92. The Morgan fingerprint density at radius 2 is 1.88 bits per heavy atom. The van der Waals surface area contributed by atoms with Crippen LogP contribution in [0.1, 0.15) is 43.2 Å². The largest absolute Gasteiger partial charge is 0.381 e. The minimum absolute atomic E-state index is 0.528. The summed E-state index contributed by atoms with van der Waals surface area (Å²) in [4.78, 5) is 11.7. The Morgan fingerprint density at radius 1 is 1.04 bits per heavy atom. The average Bonchev–Trinajstić information content (AvgIpc) is 3.12. The molecule has 0 amide bonds. The number of fused-ring (bicyclic) bond motifs is 1. The van der Waals surface area contributed by atoms with Crippen LogP contribution in [0.15, 0.2) is 43.0 Å². The first kappa shape index (κ1) is 14.8. The van der Waals surface area contributed by atoms with Crippen LogP contribution < -0.4 is 5.32 Å². The molecule has 1 fully saturated rings. The molecule has 3 aromatic rings. The zero-order valence-corrected chi connectivity index (χ0v) is 13.5. The van der Waals surface area contributed by atoms with E-state index < -0.39 is 0 Å². The molecule has 0 aromatic carbocycles.